The zero-order valence-electron chi connectivity index (χ0n) is 15.1. The Labute approximate surface area is 151 Å². The van der Waals surface area contributed by atoms with Gasteiger partial charge in [0.25, 0.3) is 0 Å². The highest BCUT2D eigenvalue weighted by Gasteiger charge is 2.58. The number of piperidine rings is 1. The summed E-state index contributed by atoms with van der Waals surface area (Å²) in [4.78, 5) is 14.7. The third-order valence-corrected chi connectivity index (χ3v) is 5.61. The molecule has 1 heterocycles. The SMILES string of the molecule is COc1c(C)cc(CN(C)C(=O)C2CC23CCNCC3)cc1C.Cl. The van der Waals surface area contributed by atoms with Gasteiger partial charge in [-0.3, -0.25) is 4.79 Å². The number of halogens is 1. The molecule has 1 unspecified atom stereocenters. The molecule has 2 fully saturated rings. The van der Waals surface area contributed by atoms with Crippen LogP contribution in [0.2, 0.25) is 0 Å². The zero-order valence-corrected chi connectivity index (χ0v) is 16.0. The molecule has 1 spiro atoms. The van der Waals surface area contributed by atoms with Crippen LogP contribution >= 0.6 is 12.4 Å². The van der Waals surface area contributed by atoms with Crippen molar-refractivity contribution in [2.75, 3.05) is 27.2 Å². The van der Waals surface area contributed by atoms with Crippen LogP contribution in [0, 0.1) is 25.2 Å². The fourth-order valence-corrected chi connectivity index (χ4v) is 4.25. The summed E-state index contributed by atoms with van der Waals surface area (Å²) in [5.41, 5.74) is 3.74. The monoisotopic (exact) mass is 352 g/mol. The predicted molar refractivity (Wildman–Crippen MR) is 98.8 cm³/mol. The molecule has 24 heavy (non-hydrogen) atoms. The van der Waals surface area contributed by atoms with E-state index in [1.807, 2.05) is 11.9 Å². The Balaban J connectivity index is 0.00000208. The fraction of sp³-hybridized carbons (Fsp3) is 0.632. The van der Waals surface area contributed by atoms with Crippen LogP contribution in [0.4, 0.5) is 0 Å². The average molecular weight is 353 g/mol. The van der Waals surface area contributed by atoms with E-state index in [-0.39, 0.29) is 18.3 Å². The summed E-state index contributed by atoms with van der Waals surface area (Å²) in [6.07, 6.45) is 3.38. The molecule has 1 saturated carbocycles. The highest BCUT2D eigenvalue weighted by atomic mass is 35.5. The standard InChI is InChI=1S/C19H28N2O2.ClH/c1-13-9-15(10-14(2)17(13)23-4)12-21(3)18(22)16-11-19(16)5-7-20-8-6-19;/h9-10,16,20H,5-8,11-12H2,1-4H3;1H. The number of amides is 1. The minimum Gasteiger partial charge on any atom is -0.496 e. The number of carbonyl (C=O) groups excluding carboxylic acids is 1. The summed E-state index contributed by atoms with van der Waals surface area (Å²) in [6, 6.07) is 4.26. The molecule has 4 nitrogen and oxygen atoms in total. The molecule has 1 aliphatic heterocycles. The Hall–Kier alpha value is -1.26. The second kappa shape index (κ2) is 7.32. The van der Waals surface area contributed by atoms with Crippen molar-refractivity contribution >= 4 is 18.3 Å². The van der Waals surface area contributed by atoms with Crippen LogP contribution < -0.4 is 10.1 Å². The summed E-state index contributed by atoms with van der Waals surface area (Å²) < 4.78 is 5.42. The van der Waals surface area contributed by atoms with Crippen molar-refractivity contribution in [2.24, 2.45) is 11.3 Å². The number of hydrogen-bond acceptors (Lipinski definition) is 3. The van der Waals surface area contributed by atoms with Gasteiger partial charge >= 0.3 is 0 Å². The maximum Gasteiger partial charge on any atom is 0.226 e. The molecule has 1 saturated heterocycles. The van der Waals surface area contributed by atoms with Gasteiger partial charge in [-0.2, -0.15) is 0 Å². The van der Waals surface area contributed by atoms with Crippen LogP contribution in [0.1, 0.15) is 36.0 Å². The Morgan fingerprint density at radius 3 is 2.42 bits per heavy atom. The fourth-order valence-electron chi connectivity index (χ4n) is 4.25. The van der Waals surface area contributed by atoms with E-state index in [0.717, 1.165) is 49.2 Å². The number of ether oxygens (including phenoxy) is 1. The lowest BCUT2D eigenvalue weighted by molar-refractivity contribution is -0.132. The molecule has 1 atom stereocenters. The van der Waals surface area contributed by atoms with Gasteiger partial charge < -0.3 is 15.0 Å². The topological polar surface area (TPSA) is 41.6 Å². The Kier molecular flexibility index (Phi) is 5.82. The second-order valence-corrected chi connectivity index (χ2v) is 7.33. The molecule has 1 aromatic carbocycles. The van der Waals surface area contributed by atoms with Crippen molar-refractivity contribution in [1.82, 2.24) is 10.2 Å². The van der Waals surface area contributed by atoms with Gasteiger partial charge in [0, 0.05) is 19.5 Å². The van der Waals surface area contributed by atoms with Gasteiger partial charge in [-0.1, -0.05) is 12.1 Å². The molecule has 1 amide bonds. The summed E-state index contributed by atoms with van der Waals surface area (Å²) in [5.74, 6) is 1.51. The molecule has 1 N–H and O–H groups in total. The molecule has 2 aliphatic rings. The third-order valence-electron chi connectivity index (χ3n) is 5.61. The minimum atomic E-state index is 0. The first-order chi connectivity index (χ1) is 11.0. The van der Waals surface area contributed by atoms with E-state index in [0.29, 0.717) is 17.9 Å². The van der Waals surface area contributed by atoms with Crippen molar-refractivity contribution in [3.05, 3.63) is 28.8 Å². The zero-order chi connectivity index (χ0) is 16.6. The second-order valence-electron chi connectivity index (χ2n) is 7.33. The van der Waals surface area contributed by atoms with Gasteiger partial charge in [0.1, 0.15) is 5.75 Å². The van der Waals surface area contributed by atoms with Gasteiger partial charge in [0.2, 0.25) is 5.91 Å². The normalized spacial score (nSPS) is 21.1. The summed E-state index contributed by atoms with van der Waals surface area (Å²) in [7, 11) is 3.64. The van der Waals surface area contributed by atoms with E-state index in [4.69, 9.17) is 4.74 Å². The van der Waals surface area contributed by atoms with Gasteiger partial charge in [-0.15, -0.1) is 12.4 Å². The first-order valence-corrected chi connectivity index (χ1v) is 8.57. The van der Waals surface area contributed by atoms with E-state index in [2.05, 4.69) is 31.3 Å². The van der Waals surface area contributed by atoms with Gasteiger partial charge in [0.05, 0.1) is 7.11 Å². The van der Waals surface area contributed by atoms with Crippen molar-refractivity contribution in [2.45, 2.75) is 39.7 Å². The molecule has 134 valence electrons. The summed E-state index contributed by atoms with van der Waals surface area (Å²) in [5, 5.41) is 3.40. The molecule has 3 rings (SSSR count). The molecular formula is C19H29ClN2O2. The largest absolute Gasteiger partial charge is 0.496 e. The van der Waals surface area contributed by atoms with Crippen LogP contribution in [0.3, 0.4) is 0 Å². The van der Waals surface area contributed by atoms with Crippen molar-refractivity contribution < 1.29 is 9.53 Å². The number of nitrogens with one attached hydrogen (secondary N) is 1. The number of benzene rings is 1. The van der Waals surface area contributed by atoms with E-state index in [1.165, 1.54) is 5.56 Å². The van der Waals surface area contributed by atoms with E-state index in [9.17, 15) is 4.79 Å². The van der Waals surface area contributed by atoms with Crippen molar-refractivity contribution in [1.29, 1.82) is 0 Å². The van der Waals surface area contributed by atoms with Gasteiger partial charge in [-0.25, -0.2) is 0 Å². The maximum absolute atomic E-state index is 12.8. The smallest absolute Gasteiger partial charge is 0.226 e. The lowest BCUT2D eigenvalue weighted by Crippen LogP contribution is -2.34. The number of hydrogen-bond donors (Lipinski definition) is 1. The van der Waals surface area contributed by atoms with Crippen LogP contribution in [0.25, 0.3) is 0 Å². The van der Waals surface area contributed by atoms with E-state index in [1.54, 1.807) is 7.11 Å². The number of aryl methyl sites for hydroxylation is 2. The molecule has 0 radical (unpaired) electrons. The average Bonchev–Trinajstić information content (AvgIpc) is 3.20. The molecular weight excluding hydrogens is 324 g/mol. The highest BCUT2D eigenvalue weighted by Crippen LogP contribution is 2.59. The lowest BCUT2D eigenvalue weighted by Gasteiger charge is -2.25. The Morgan fingerprint density at radius 2 is 1.88 bits per heavy atom. The lowest BCUT2D eigenvalue weighted by atomic mass is 9.91. The number of methoxy groups -OCH3 is 1. The van der Waals surface area contributed by atoms with Crippen LogP contribution in [-0.2, 0) is 11.3 Å². The number of carbonyl (C=O) groups is 1. The molecule has 0 bridgehead atoms. The Morgan fingerprint density at radius 1 is 1.29 bits per heavy atom. The molecule has 1 aliphatic carbocycles. The van der Waals surface area contributed by atoms with Gasteiger partial charge in [0.15, 0.2) is 0 Å². The van der Waals surface area contributed by atoms with Crippen LogP contribution in [0.5, 0.6) is 5.75 Å². The van der Waals surface area contributed by atoms with Crippen molar-refractivity contribution in [3.8, 4) is 5.75 Å². The predicted octanol–water partition coefficient (Wildman–Crippen LogP) is 3.08. The molecule has 0 aromatic heterocycles. The van der Waals surface area contributed by atoms with Crippen LogP contribution in [-0.4, -0.2) is 38.1 Å². The first-order valence-electron chi connectivity index (χ1n) is 8.57. The third kappa shape index (κ3) is 3.55. The number of nitrogens with zero attached hydrogens (tertiary/aromatic N) is 1. The molecule has 5 heteroatoms. The van der Waals surface area contributed by atoms with E-state index >= 15 is 0 Å². The minimum absolute atomic E-state index is 0. The highest BCUT2D eigenvalue weighted by molar-refractivity contribution is 5.85. The van der Waals surface area contributed by atoms with Crippen molar-refractivity contribution in [3.63, 3.8) is 0 Å². The first kappa shape index (κ1) is 19.1. The Bertz CT molecular complexity index is 588. The number of rotatable bonds is 4. The van der Waals surface area contributed by atoms with Crippen LogP contribution in [0.15, 0.2) is 12.1 Å². The summed E-state index contributed by atoms with van der Waals surface area (Å²) >= 11 is 0. The quantitative estimate of drug-likeness (QED) is 0.905. The van der Waals surface area contributed by atoms with Gasteiger partial charge in [-0.05, 0) is 68.3 Å². The summed E-state index contributed by atoms with van der Waals surface area (Å²) in [6.45, 7) is 6.91. The van der Waals surface area contributed by atoms with E-state index < -0.39 is 0 Å². The maximum atomic E-state index is 12.8. The molecule has 1 aromatic rings.